The van der Waals surface area contributed by atoms with E-state index in [1.807, 2.05) is 4.90 Å². The van der Waals surface area contributed by atoms with Crippen LogP contribution in [0.25, 0.3) is 0 Å². The topological polar surface area (TPSA) is 89.6 Å². The summed E-state index contributed by atoms with van der Waals surface area (Å²) in [5.41, 5.74) is 7.57. The maximum atomic E-state index is 15.0. The van der Waals surface area contributed by atoms with Crippen LogP contribution in [0.1, 0.15) is 33.6 Å². The van der Waals surface area contributed by atoms with E-state index in [1.54, 1.807) is 13.1 Å². The van der Waals surface area contributed by atoms with Crippen LogP contribution in [0.4, 0.5) is 18.9 Å². The Morgan fingerprint density at radius 1 is 1.27 bits per heavy atom. The number of likely N-dealkylation sites (N-methyl/N-ethyl adjacent to an activating group) is 1. The summed E-state index contributed by atoms with van der Waals surface area (Å²) >= 11 is 0. The highest BCUT2D eigenvalue weighted by Crippen LogP contribution is 2.40. The second kappa shape index (κ2) is 8.14. The number of hydrogen-bond acceptors (Lipinski definition) is 7. The van der Waals surface area contributed by atoms with Crippen LogP contribution in [-0.4, -0.2) is 61.7 Å². The molecule has 3 aliphatic rings. The van der Waals surface area contributed by atoms with Crippen LogP contribution in [0.5, 0.6) is 11.5 Å². The Labute approximate surface area is 187 Å². The Morgan fingerprint density at radius 3 is 2.88 bits per heavy atom. The summed E-state index contributed by atoms with van der Waals surface area (Å²) < 4.78 is 55.5. The van der Waals surface area contributed by atoms with E-state index in [9.17, 15) is 18.0 Å². The first-order chi connectivity index (χ1) is 15.8. The van der Waals surface area contributed by atoms with Crippen molar-refractivity contribution in [2.45, 2.75) is 18.7 Å². The lowest BCUT2D eigenvalue weighted by molar-refractivity contribution is -0.0499. The van der Waals surface area contributed by atoms with Crippen molar-refractivity contribution in [3.05, 3.63) is 52.8 Å². The number of ether oxygens (including phenoxy) is 3. The third kappa shape index (κ3) is 3.71. The first-order valence-corrected chi connectivity index (χ1v) is 10.3. The van der Waals surface area contributed by atoms with Crippen LogP contribution in [0.3, 0.4) is 0 Å². The van der Waals surface area contributed by atoms with Gasteiger partial charge in [-0.2, -0.15) is 8.78 Å². The summed E-state index contributed by atoms with van der Waals surface area (Å²) in [5.74, 6) is -0.675. The second-order valence-electron chi connectivity index (χ2n) is 7.97. The van der Waals surface area contributed by atoms with E-state index >= 15 is 0 Å². The smallest absolute Gasteiger partial charge is 0.387 e. The number of amides is 1. The predicted octanol–water partition coefficient (Wildman–Crippen LogP) is 2.97. The van der Waals surface area contributed by atoms with Crippen molar-refractivity contribution in [2.75, 3.05) is 33.4 Å². The number of carbonyl (C=O) groups is 1. The van der Waals surface area contributed by atoms with Gasteiger partial charge < -0.3 is 29.7 Å². The number of halogens is 3. The normalized spacial score (nSPS) is 21.0. The molecule has 0 bridgehead atoms. The van der Waals surface area contributed by atoms with Gasteiger partial charge in [-0.05, 0) is 18.2 Å². The van der Waals surface area contributed by atoms with Gasteiger partial charge in [-0.3, -0.25) is 4.79 Å². The third-order valence-electron chi connectivity index (χ3n) is 6.12. The minimum atomic E-state index is -2.96. The fourth-order valence-electron chi connectivity index (χ4n) is 4.43. The fourth-order valence-corrected chi connectivity index (χ4v) is 4.43. The molecule has 3 heterocycles. The van der Waals surface area contributed by atoms with E-state index in [0.717, 1.165) is 0 Å². The zero-order valence-corrected chi connectivity index (χ0v) is 17.6. The van der Waals surface area contributed by atoms with Gasteiger partial charge in [-0.1, -0.05) is 0 Å². The molecule has 2 atom stereocenters. The van der Waals surface area contributed by atoms with Gasteiger partial charge in [-0.15, -0.1) is 0 Å². The molecule has 0 radical (unpaired) electrons. The first-order valence-electron chi connectivity index (χ1n) is 10.3. The first kappa shape index (κ1) is 21.4. The standard InChI is InChI=1S/C22H21F3N4O4/c1-28(17-10-32-19-6-11(33-21(24)25)2-3-12(17)19)20(30)13-7-14-16(8-15(13)23)27-22(26)29-4-5-31-9-18(14)29/h2-3,6-8,17-18,21H,4-5,9-10H2,1H3,(H2,26,27). The van der Waals surface area contributed by atoms with Crippen molar-refractivity contribution in [3.8, 4) is 11.5 Å². The van der Waals surface area contributed by atoms with Gasteiger partial charge in [0.05, 0.1) is 36.5 Å². The highest BCUT2D eigenvalue weighted by molar-refractivity contribution is 5.96. The Hall–Kier alpha value is -3.47. The van der Waals surface area contributed by atoms with Gasteiger partial charge in [0.2, 0.25) is 0 Å². The van der Waals surface area contributed by atoms with Crippen LogP contribution < -0.4 is 15.2 Å². The summed E-state index contributed by atoms with van der Waals surface area (Å²) in [5, 5.41) is 0. The van der Waals surface area contributed by atoms with Crippen molar-refractivity contribution >= 4 is 17.6 Å². The lowest BCUT2D eigenvalue weighted by atomic mass is 9.97. The summed E-state index contributed by atoms with van der Waals surface area (Å²) in [6.07, 6.45) is 0. The third-order valence-corrected chi connectivity index (χ3v) is 6.12. The number of carbonyl (C=O) groups excluding carboxylic acids is 1. The summed E-state index contributed by atoms with van der Waals surface area (Å²) in [6, 6.07) is 6.22. The molecule has 11 heteroatoms. The van der Waals surface area contributed by atoms with Crippen LogP contribution >= 0.6 is 0 Å². The monoisotopic (exact) mass is 462 g/mol. The Kier molecular flexibility index (Phi) is 5.28. The average molecular weight is 462 g/mol. The number of morpholine rings is 1. The number of nitrogens with zero attached hydrogens (tertiary/aromatic N) is 3. The second-order valence-corrected chi connectivity index (χ2v) is 7.97. The van der Waals surface area contributed by atoms with Crippen LogP contribution in [-0.2, 0) is 4.74 Å². The van der Waals surface area contributed by atoms with Crippen molar-refractivity contribution in [2.24, 2.45) is 10.7 Å². The molecule has 33 heavy (non-hydrogen) atoms. The number of hydrogen-bond donors (Lipinski definition) is 1. The minimum absolute atomic E-state index is 0.0433. The number of fused-ring (bicyclic) bond motifs is 4. The number of aliphatic imine (C=N–C) groups is 1. The zero-order chi connectivity index (χ0) is 23.3. The molecule has 0 spiro atoms. The molecular weight excluding hydrogens is 441 g/mol. The van der Waals surface area contributed by atoms with Crippen molar-refractivity contribution in [1.82, 2.24) is 9.80 Å². The molecule has 2 N–H and O–H groups in total. The molecule has 0 aromatic heterocycles. The van der Waals surface area contributed by atoms with E-state index in [4.69, 9.17) is 15.2 Å². The predicted molar refractivity (Wildman–Crippen MR) is 111 cm³/mol. The number of guanidine groups is 1. The number of alkyl halides is 2. The van der Waals surface area contributed by atoms with Gasteiger partial charge in [0.1, 0.15) is 23.9 Å². The molecule has 1 amide bonds. The molecular formula is C22H21F3N4O4. The van der Waals surface area contributed by atoms with E-state index < -0.39 is 24.4 Å². The summed E-state index contributed by atoms with van der Waals surface area (Å²) in [7, 11) is 1.54. The summed E-state index contributed by atoms with van der Waals surface area (Å²) in [6.45, 7) is -1.45. The highest BCUT2D eigenvalue weighted by atomic mass is 19.3. The lowest BCUT2D eigenvalue weighted by Gasteiger charge is -2.39. The molecule has 0 saturated carbocycles. The number of benzene rings is 2. The lowest BCUT2D eigenvalue weighted by Crippen LogP contribution is -2.48. The van der Waals surface area contributed by atoms with Crippen LogP contribution in [0.15, 0.2) is 35.3 Å². The van der Waals surface area contributed by atoms with Gasteiger partial charge in [0.15, 0.2) is 5.96 Å². The molecule has 174 valence electrons. The molecule has 3 aliphatic heterocycles. The minimum Gasteiger partial charge on any atom is -0.491 e. The maximum Gasteiger partial charge on any atom is 0.387 e. The molecule has 1 saturated heterocycles. The van der Waals surface area contributed by atoms with Crippen molar-refractivity contribution in [1.29, 1.82) is 0 Å². The molecule has 2 aromatic rings. The molecule has 0 aliphatic carbocycles. The van der Waals surface area contributed by atoms with Gasteiger partial charge in [0, 0.05) is 36.9 Å². The fraction of sp³-hybridized carbons (Fsp3) is 0.364. The Bertz CT molecular complexity index is 1140. The van der Waals surface area contributed by atoms with Crippen molar-refractivity contribution in [3.63, 3.8) is 0 Å². The van der Waals surface area contributed by atoms with E-state index in [0.29, 0.717) is 48.3 Å². The molecule has 8 nitrogen and oxygen atoms in total. The maximum absolute atomic E-state index is 15.0. The van der Waals surface area contributed by atoms with Crippen LogP contribution in [0.2, 0.25) is 0 Å². The van der Waals surface area contributed by atoms with E-state index in [-0.39, 0.29) is 24.0 Å². The molecule has 1 fully saturated rings. The average Bonchev–Trinajstić information content (AvgIpc) is 3.21. The largest absolute Gasteiger partial charge is 0.491 e. The molecule has 2 aromatic carbocycles. The molecule has 5 rings (SSSR count). The van der Waals surface area contributed by atoms with Crippen LogP contribution in [0, 0.1) is 5.82 Å². The Balaban J connectivity index is 1.43. The molecule has 2 unspecified atom stereocenters. The van der Waals surface area contributed by atoms with E-state index in [2.05, 4.69) is 9.73 Å². The van der Waals surface area contributed by atoms with E-state index in [1.165, 1.54) is 29.2 Å². The highest BCUT2D eigenvalue weighted by Gasteiger charge is 2.36. The number of rotatable bonds is 4. The SMILES string of the molecule is CN(C(=O)c1cc2c(cc1F)N=C(N)N1CCOCC21)C1COc2cc(OC(F)F)ccc21. The quantitative estimate of drug-likeness (QED) is 0.752. The summed E-state index contributed by atoms with van der Waals surface area (Å²) in [4.78, 5) is 20.8. The van der Waals surface area contributed by atoms with Gasteiger partial charge >= 0.3 is 6.61 Å². The van der Waals surface area contributed by atoms with Gasteiger partial charge in [-0.25, -0.2) is 9.38 Å². The zero-order valence-electron chi connectivity index (χ0n) is 17.6. The van der Waals surface area contributed by atoms with Gasteiger partial charge in [0.25, 0.3) is 5.91 Å². The van der Waals surface area contributed by atoms with Crippen molar-refractivity contribution < 1.29 is 32.2 Å². The number of nitrogens with two attached hydrogens (primary N) is 1. The Morgan fingerprint density at radius 2 is 2.09 bits per heavy atom.